The maximum Gasteiger partial charge on any atom is 0.0640 e. The third kappa shape index (κ3) is 5.79. The Hall–Kier alpha value is -2.27. The van der Waals surface area contributed by atoms with Crippen molar-refractivity contribution < 1.29 is 0 Å². The number of nitriles is 1. The summed E-state index contributed by atoms with van der Waals surface area (Å²) >= 11 is 0. The topological polar surface area (TPSA) is 27.0 Å². The SMILES string of the molecule is CCCCc1ccc(CCN(CCC#N)c2ccccc2)cc1. The van der Waals surface area contributed by atoms with Gasteiger partial charge in [0, 0.05) is 18.8 Å². The summed E-state index contributed by atoms with van der Waals surface area (Å²) in [5.74, 6) is 0. The minimum atomic E-state index is 0.560. The molecule has 2 heteroatoms. The zero-order valence-corrected chi connectivity index (χ0v) is 14.0. The molecule has 120 valence electrons. The van der Waals surface area contributed by atoms with E-state index in [1.165, 1.54) is 36.1 Å². The first-order chi connectivity index (χ1) is 11.3. The zero-order valence-electron chi connectivity index (χ0n) is 14.0. The lowest BCUT2D eigenvalue weighted by Crippen LogP contribution is -2.26. The second-order valence-corrected chi connectivity index (χ2v) is 5.90. The van der Waals surface area contributed by atoms with Crippen LogP contribution in [-0.2, 0) is 12.8 Å². The fourth-order valence-electron chi connectivity index (χ4n) is 2.71. The number of hydrogen-bond donors (Lipinski definition) is 0. The highest BCUT2D eigenvalue weighted by Crippen LogP contribution is 2.15. The van der Waals surface area contributed by atoms with Crippen molar-refractivity contribution in [2.24, 2.45) is 0 Å². The Morgan fingerprint density at radius 2 is 1.52 bits per heavy atom. The Morgan fingerprint density at radius 1 is 0.870 bits per heavy atom. The van der Waals surface area contributed by atoms with Gasteiger partial charge in [-0.2, -0.15) is 5.26 Å². The molecule has 2 aromatic carbocycles. The molecule has 23 heavy (non-hydrogen) atoms. The molecule has 0 bridgehead atoms. The molecule has 0 saturated heterocycles. The Labute approximate surface area is 140 Å². The lowest BCUT2D eigenvalue weighted by Gasteiger charge is -2.24. The van der Waals surface area contributed by atoms with E-state index in [2.05, 4.69) is 66.4 Å². The van der Waals surface area contributed by atoms with Gasteiger partial charge in [0.1, 0.15) is 0 Å². The summed E-state index contributed by atoms with van der Waals surface area (Å²) in [5.41, 5.74) is 3.99. The van der Waals surface area contributed by atoms with Gasteiger partial charge in [0.25, 0.3) is 0 Å². The van der Waals surface area contributed by atoms with Crippen LogP contribution in [0.15, 0.2) is 54.6 Å². The molecule has 0 N–H and O–H groups in total. The largest absolute Gasteiger partial charge is 0.370 e. The fourth-order valence-corrected chi connectivity index (χ4v) is 2.71. The molecule has 2 aromatic rings. The van der Waals surface area contributed by atoms with Gasteiger partial charge in [-0.15, -0.1) is 0 Å². The minimum Gasteiger partial charge on any atom is -0.370 e. The molecule has 0 radical (unpaired) electrons. The summed E-state index contributed by atoms with van der Waals surface area (Å²) in [4.78, 5) is 2.30. The Balaban J connectivity index is 1.94. The number of hydrogen-bond acceptors (Lipinski definition) is 2. The van der Waals surface area contributed by atoms with Crippen molar-refractivity contribution in [3.63, 3.8) is 0 Å². The summed E-state index contributed by atoms with van der Waals surface area (Å²) in [5, 5.41) is 8.87. The highest BCUT2D eigenvalue weighted by atomic mass is 15.1. The minimum absolute atomic E-state index is 0.560. The van der Waals surface area contributed by atoms with Crippen molar-refractivity contribution in [2.75, 3.05) is 18.0 Å². The van der Waals surface area contributed by atoms with Gasteiger partial charge in [0.15, 0.2) is 0 Å². The number of aryl methyl sites for hydroxylation is 1. The molecule has 2 nitrogen and oxygen atoms in total. The molecule has 0 aliphatic heterocycles. The van der Waals surface area contributed by atoms with Crippen LogP contribution in [0.1, 0.15) is 37.3 Å². The van der Waals surface area contributed by atoms with E-state index < -0.39 is 0 Å². The van der Waals surface area contributed by atoms with Gasteiger partial charge in [0.2, 0.25) is 0 Å². The van der Waals surface area contributed by atoms with E-state index in [0.29, 0.717) is 6.42 Å². The van der Waals surface area contributed by atoms with Crippen LogP contribution in [-0.4, -0.2) is 13.1 Å². The smallest absolute Gasteiger partial charge is 0.0640 e. The van der Waals surface area contributed by atoms with Crippen LogP contribution in [0.5, 0.6) is 0 Å². The van der Waals surface area contributed by atoms with Crippen molar-refractivity contribution in [1.82, 2.24) is 0 Å². The van der Waals surface area contributed by atoms with Crippen molar-refractivity contribution >= 4 is 5.69 Å². The van der Waals surface area contributed by atoms with Crippen LogP contribution >= 0.6 is 0 Å². The van der Waals surface area contributed by atoms with Gasteiger partial charge < -0.3 is 4.90 Å². The lowest BCUT2D eigenvalue weighted by atomic mass is 10.0. The van der Waals surface area contributed by atoms with Crippen LogP contribution in [0, 0.1) is 11.3 Å². The normalized spacial score (nSPS) is 10.3. The molecule has 0 saturated carbocycles. The quantitative estimate of drug-likeness (QED) is 0.652. The van der Waals surface area contributed by atoms with Crippen LogP contribution in [0.4, 0.5) is 5.69 Å². The second-order valence-electron chi connectivity index (χ2n) is 5.90. The molecule has 0 atom stereocenters. The first kappa shape index (κ1) is 17.1. The average molecular weight is 306 g/mol. The lowest BCUT2D eigenvalue weighted by molar-refractivity contribution is 0.779. The standard InChI is InChI=1S/C21H26N2/c1-2-3-8-19-11-13-20(14-12-19)15-18-23(17-7-16-22)21-9-5-4-6-10-21/h4-6,9-14H,2-3,7-8,15,17-18H2,1H3. The Kier molecular flexibility index (Phi) is 7.20. The van der Waals surface area contributed by atoms with Gasteiger partial charge >= 0.3 is 0 Å². The van der Waals surface area contributed by atoms with E-state index >= 15 is 0 Å². The Morgan fingerprint density at radius 3 is 2.13 bits per heavy atom. The van der Waals surface area contributed by atoms with E-state index in [4.69, 9.17) is 5.26 Å². The molecule has 0 heterocycles. The predicted octanol–water partition coefficient (Wildman–Crippen LogP) is 4.99. The van der Waals surface area contributed by atoms with E-state index in [1.54, 1.807) is 0 Å². The molecular weight excluding hydrogens is 280 g/mol. The van der Waals surface area contributed by atoms with Gasteiger partial charge in [-0.05, 0) is 42.5 Å². The van der Waals surface area contributed by atoms with Crippen molar-refractivity contribution in [2.45, 2.75) is 39.0 Å². The highest BCUT2D eigenvalue weighted by Gasteiger charge is 2.06. The predicted molar refractivity (Wildman–Crippen MR) is 97.6 cm³/mol. The molecule has 0 spiro atoms. The first-order valence-corrected chi connectivity index (χ1v) is 8.58. The van der Waals surface area contributed by atoms with Gasteiger partial charge in [0.05, 0.1) is 12.5 Å². The molecule has 0 aliphatic carbocycles. The monoisotopic (exact) mass is 306 g/mol. The molecule has 2 rings (SSSR count). The number of benzene rings is 2. The van der Waals surface area contributed by atoms with Crippen LogP contribution in [0.25, 0.3) is 0 Å². The second kappa shape index (κ2) is 9.69. The first-order valence-electron chi connectivity index (χ1n) is 8.58. The van der Waals surface area contributed by atoms with Gasteiger partial charge in [-0.3, -0.25) is 0 Å². The van der Waals surface area contributed by atoms with Gasteiger partial charge in [-0.25, -0.2) is 0 Å². The van der Waals surface area contributed by atoms with Gasteiger partial charge in [-0.1, -0.05) is 55.8 Å². The number of anilines is 1. The van der Waals surface area contributed by atoms with Crippen molar-refractivity contribution in [3.8, 4) is 6.07 Å². The van der Waals surface area contributed by atoms with Crippen molar-refractivity contribution in [3.05, 3.63) is 65.7 Å². The summed E-state index contributed by atoms with van der Waals surface area (Å²) < 4.78 is 0. The molecule has 0 fully saturated rings. The maximum atomic E-state index is 8.87. The van der Waals surface area contributed by atoms with E-state index in [-0.39, 0.29) is 0 Å². The highest BCUT2D eigenvalue weighted by molar-refractivity contribution is 5.46. The summed E-state index contributed by atoms with van der Waals surface area (Å²) in [6.07, 6.45) is 5.25. The Bertz CT molecular complexity index is 596. The number of nitrogens with zero attached hydrogens (tertiary/aromatic N) is 2. The summed E-state index contributed by atoms with van der Waals surface area (Å²) in [6, 6.07) is 21.6. The average Bonchev–Trinajstić information content (AvgIpc) is 2.62. The number of unbranched alkanes of at least 4 members (excludes halogenated alkanes) is 1. The molecule has 0 aromatic heterocycles. The maximum absolute atomic E-state index is 8.87. The fraction of sp³-hybridized carbons (Fsp3) is 0.381. The summed E-state index contributed by atoms with van der Waals surface area (Å²) in [7, 11) is 0. The van der Waals surface area contributed by atoms with E-state index in [9.17, 15) is 0 Å². The number of para-hydroxylation sites is 1. The van der Waals surface area contributed by atoms with E-state index in [1.807, 2.05) is 6.07 Å². The summed E-state index contributed by atoms with van der Waals surface area (Å²) in [6.45, 7) is 3.96. The van der Waals surface area contributed by atoms with Crippen LogP contribution in [0.3, 0.4) is 0 Å². The van der Waals surface area contributed by atoms with Crippen LogP contribution in [0.2, 0.25) is 0 Å². The van der Waals surface area contributed by atoms with E-state index in [0.717, 1.165) is 19.5 Å². The number of rotatable bonds is 9. The zero-order chi connectivity index (χ0) is 16.3. The molecule has 0 aliphatic rings. The van der Waals surface area contributed by atoms with Crippen molar-refractivity contribution in [1.29, 1.82) is 5.26 Å². The molecule has 0 unspecified atom stereocenters. The third-order valence-electron chi connectivity index (χ3n) is 4.13. The molecule has 0 amide bonds. The van der Waals surface area contributed by atoms with Crippen LogP contribution < -0.4 is 4.90 Å². The molecular formula is C21H26N2. The third-order valence-corrected chi connectivity index (χ3v) is 4.13.